The van der Waals surface area contributed by atoms with Crippen LogP contribution < -0.4 is 29.1 Å². The summed E-state index contributed by atoms with van der Waals surface area (Å²) in [5, 5.41) is 0.441. The second-order valence-corrected chi connectivity index (χ2v) is 8.67. The van der Waals surface area contributed by atoms with Gasteiger partial charge in [-0.25, -0.2) is 0 Å². The number of hydrogen-bond acceptors (Lipinski definition) is 8. The van der Waals surface area contributed by atoms with Crippen LogP contribution in [0.5, 0.6) is 34.5 Å². The molecule has 184 valence electrons. The zero-order chi connectivity index (χ0) is 24.6. The lowest BCUT2D eigenvalue weighted by atomic mass is 10.1. The van der Waals surface area contributed by atoms with Crippen LogP contribution in [0.1, 0.15) is 23.8 Å². The van der Waals surface area contributed by atoms with Gasteiger partial charge in [0.25, 0.3) is 0 Å². The van der Waals surface area contributed by atoms with Crippen LogP contribution in [0.4, 0.5) is 0 Å². The van der Waals surface area contributed by atoms with Crippen LogP contribution >= 0.6 is 0 Å². The van der Waals surface area contributed by atoms with Crippen molar-refractivity contribution in [1.29, 1.82) is 0 Å². The second kappa shape index (κ2) is 9.13. The van der Waals surface area contributed by atoms with Gasteiger partial charge in [0.1, 0.15) is 23.8 Å². The third kappa shape index (κ3) is 3.99. The van der Waals surface area contributed by atoms with Crippen LogP contribution in [0.25, 0.3) is 11.0 Å². The third-order valence-corrected chi connectivity index (χ3v) is 6.23. The van der Waals surface area contributed by atoms with E-state index in [2.05, 4.69) is 4.90 Å². The number of hydrogen-bond donors (Lipinski definition) is 0. The Morgan fingerprint density at radius 2 is 1.75 bits per heavy atom. The molecule has 0 aliphatic carbocycles. The van der Waals surface area contributed by atoms with Gasteiger partial charge in [0.05, 0.1) is 17.6 Å². The Bertz CT molecular complexity index is 1510. The number of rotatable bonds is 6. The first-order valence-corrected chi connectivity index (χ1v) is 11.8. The molecule has 8 nitrogen and oxygen atoms in total. The van der Waals surface area contributed by atoms with E-state index in [4.69, 9.17) is 28.1 Å². The summed E-state index contributed by atoms with van der Waals surface area (Å²) in [4.78, 5) is 15.6. The number of para-hydroxylation sites is 2. The van der Waals surface area contributed by atoms with E-state index in [9.17, 15) is 4.79 Å². The maximum Gasteiger partial charge on any atom is 0.235 e. The van der Waals surface area contributed by atoms with E-state index in [1.54, 1.807) is 25.1 Å². The molecule has 36 heavy (non-hydrogen) atoms. The first kappa shape index (κ1) is 22.3. The lowest BCUT2D eigenvalue weighted by Gasteiger charge is -2.29. The molecular weight excluding hydrogens is 462 g/mol. The molecule has 0 fully saturated rings. The van der Waals surface area contributed by atoms with Gasteiger partial charge in [-0.3, -0.25) is 9.69 Å². The second-order valence-electron chi connectivity index (χ2n) is 8.67. The summed E-state index contributed by atoms with van der Waals surface area (Å²) < 4.78 is 34.8. The van der Waals surface area contributed by atoms with E-state index < -0.39 is 0 Å². The van der Waals surface area contributed by atoms with Gasteiger partial charge in [-0.05, 0) is 55.8 Å². The fourth-order valence-electron chi connectivity index (χ4n) is 4.54. The molecule has 0 N–H and O–H groups in total. The summed E-state index contributed by atoms with van der Waals surface area (Å²) in [5.41, 5.74) is 2.18. The van der Waals surface area contributed by atoms with Gasteiger partial charge < -0.3 is 28.1 Å². The summed E-state index contributed by atoms with van der Waals surface area (Å²) >= 11 is 0. The topological polar surface area (TPSA) is 79.6 Å². The molecule has 2 aliphatic heterocycles. The summed E-state index contributed by atoms with van der Waals surface area (Å²) in [6, 6.07) is 16.7. The standard InChI is InChI=1S/C28H25NO7/c1-3-31-22-6-4-5-7-24(22)36-27-17(2)35-28-19(26(27)30)9-11-21-20(28)14-29(15-32-21)13-18-8-10-23-25(12-18)34-16-33-23/h4-12H,3,13-16H2,1-2H3. The molecule has 0 unspecified atom stereocenters. The Balaban J connectivity index is 1.32. The largest absolute Gasteiger partial charge is 0.490 e. The van der Waals surface area contributed by atoms with Crippen molar-refractivity contribution in [3.8, 4) is 34.5 Å². The summed E-state index contributed by atoms with van der Waals surface area (Å²) in [6.07, 6.45) is 0. The maximum atomic E-state index is 13.5. The van der Waals surface area contributed by atoms with E-state index in [0.29, 0.717) is 60.4 Å². The molecule has 0 atom stereocenters. The van der Waals surface area contributed by atoms with Crippen LogP contribution in [-0.2, 0) is 13.1 Å². The first-order valence-electron chi connectivity index (χ1n) is 11.8. The van der Waals surface area contributed by atoms with E-state index in [-0.39, 0.29) is 18.0 Å². The SMILES string of the molecule is CCOc1ccccc1Oc1c(C)oc2c3c(ccc2c1=O)OCN(Cc1ccc2c(c1)OCO2)C3. The molecule has 0 bridgehead atoms. The van der Waals surface area contributed by atoms with Gasteiger partial charge >= 0.3 is 0 Å². The zero-order valence-electron chi connectivity index (χ0n) is 20.0. The summed E-state index contributed by atoms with van der Waals surface area (Å²) in [7, 11) is 0. The quantitative estimate of drug-likeness (QED) is 0.359. The Kier molecular flexibility index (Phi) is 5.65. The predicted molar refractivity (Wildman–Crippen MR) is 132 cm³/mol. The van der Waals surface area contributed by atoms with Crippen LogP contribution in [0.15, 0.2) is 63.8 Å². The molecular formula is C28H25NO7. The molecule has 1 aromatic heterocycles. The molecule has 3 heterocycles. The average molecular weight is 488 g/mol. The highest BCUT2D eigenvalue weighted by atomic mass is 16.7. The van der Waals surface area contributed by atoms with Crippen molar-refractivity contribution in [2.75, 3.05) is 20.1 Å². The summed E-state index contributed by atoms with van der Waals surface area (Å²) in [5.74, 6) is 3.77. The van der Waals surface area contributed by atoms with Crippen LogP contribution in [0.3, 0.4) is 0 Å². The molecule has 4 aromatic rings. The minimum absolute atomic E-state index is 0.142. The highest BCUT2D eigenvalue weighted by Gasteiger charge is 2.25. The van der Waals surface area contributed by atoms with Crippen molar-refractivity contribution >= 4 is 11.0 Å². The molecule has 0 saturated heterocycles. The highest BCUT2D eigenvalue weighted by molar-refractivity contribution is 5.83. The van der Waals surface area contributed by atoms with Crippen LogP contribution in [0.2, 0.25) is 0 Å². The monoisotopic (exact) mass is 487 g/mol. The van der Waals surface area contributed by atoms with E-state index in [0.717, 1.165) is 22.6 Å². The van der Waals surface area contributed by atoms with Gasteiger partial charge in [0, 0.05) is 13.1 Å². The van der Waals surface area contributed by atoms with Crippen LogP contribution in [0, 0.1) is 6.92 Å². The molecule has 0 saturated carbocycles. The number of fused-ring (bicyclic) bond motifs is 4. The Morgan fingerprint density at radius 3 is 2.61 bits per heavy atom. The van der Waals surface area contributed by atoms with Crippen molar-refractivity contribution in [2.45, 2.75) is 26.9 Å². The Labute approximate surface area is 207 Å². The number of aryl methyl sites for hydroxylation is 1. The van der Waals surface area contributed by atoms with Crippen molar-refractivity contribution in [1.82, 2.24) is 4.90 Å². The number of benzene rings is 3. The number of ether oxygens (including phenoxy) is 5. The third-order valence-electron chi connectivity index (χ3n) is 6.23. The van der Waals surface area contributed by atoms with E-state index in [1.165, 1.54) is 0 Å². The first-order chi connectivity index (χ1) is 17.6. The normalized spacial score (nSPS) is 14.4. The van der Waals surface area contributed by atoms with E-state index >= 15 is 0 Å². The van der Waals surface area contributed by atoms with Crippen molar-refractivity contribution in [3.05, 3.63) is 81.7 Å². The maximum absolute atomic E-state index is 13.5. The smallest absolute Gasteiger partial charge is 0.235 e. The Hall–Kier alpha value is -4.17. The van der Waals surface area contributed by atoms with Crippen molar-refractivity contribution < 1.29 is 28.1 Å². The minimum atomic E-state index is -0.240. The molecule has 0 amide bonds. The highest BCUT2D eigenvalue weighted by Crippen LogP contribution is 2.37. The van der Waals surface area contributed by atoms with Gasteiger partial charge in [0.2, 0.25) is 18.0 Å². The lowest BCUT2D eigenvalue weighted by molar-refractivity contribution is 0.0889. The molecule has 3 aromatic carbocycles. The fourth-order valence-corrected chi connectivity index (χ4v) is 4.54. The van der Waals surface area contributed by atoms with Crippen molar-refractivity contribution in [2.24, 2.45) is 0 Å². The van der Waals surface area contributed by atoms with Gasteiger partial charge in [-0.15, -0.1) is 0 Å². The van der Waals surface area contributed by atoms with E-state index in [1.807, 2.05) is 43.3 Å². The average Bonchev–Trinajstić information content (AvgIpc) is 3.35. The molecule has 6 rings (SSSR count). The van der Waals surface area contributed by atoms with Gasteiger partial charge in [-0.1, -0.05) is 18.2 Å². The summed E-state index contributed by atoms with van der Waals surface area (Å²) in [6.45, 7) is 5.99. The van der Waals surface area contributed by atoms with Crippen molar-refractivity contribution in [3.63, 3.8) is 0 Å². The predicted octanol–water partition coefficient (Wildman–Crippen LogP) is 5.37. The van der Waals surface area contributed by atoms with Gasteiger partial charge in [-0.2, -0.15) is 0 Å². The fraction of sp³-hybridized carbons (Fsp3) is 0.250. The number of nitrogens with zero attached hydrogens (tertiary/aromatic N) is 1. The molecule has 2 aliphatic rings. The lowest BCUT2D eigenvalue weighted by Crippen LogP contribution is -2.31. The van der Waals surface area contributed by atoms with Crippen LogP contribution in [-0.4, -0.2) is 25.0 Å². The van der Waals surface area contributed by atoms with Gasteiger partial charge in [0.15, 0.2) is 23.0 Å². The zero-order valence-corrected chi connectivity index (χ0v) is 20.0. The molecule has 0 radical (unpaired) electrons. The Morgan fingerprint density at radius 1 is 0.944 bits per heavy atom. The molecule has 0 spiro atoms. The minimum Gasteiger partial charge on any atom is -0.490 e. The molecule has 8 heteroatoms.